The molecule has 0 radical (unpaired) electrons. The van der Waals surface area contributed by atoms with E-state index in [2.05, 4.69) is 15.3 Å². The molecule has 2 aromatic heterocycles. The molecule has 1 aromatic carbocycles. The van der Waals surface area contributed by atoms with Crippen LogP contribution in [0, 0.1) is 6.92 Å². The minimum atomic E-state index is -5.43. The largest absolute Gasteiger partial charge is 0.501 e. The number of alkyl halides is 3. The molecule has 0 aliphatic carbocycles. The van der Waals surface area contributed by atoms with Crippen molar-refractivity contribution in [3.8, 4) is 10.6 Å². The van der Waals surface area contributed by atoms with Crippen molar-refractivity contribution < 1.29 is 31.2 Å². The summed E-state index contributed by atoms with van der Waals surface area (Å²) in [5.74, 6) is -0.227. The monoisotopic (exact) mass is 518 g/mol. The number of aromatic nitrogens is 2. The zero-order chi connectivity index (χ0) is 24.4. The van der Waals surface area contributed by atoms with E-state index in [0.717, 1.165) is 22.7 Å². The summed E-state index contributed by atoms with van der Waals surface area (Å²) in [5.41, 5.74) is 1.43. The van der Waals surface area contributed by atoms with Crippen LogP contribution in [0.5, 0.6) is 0 Å². The molecule has 0 saturated heterocycles. The first-order valence-electron chi connectivity index (χ1n) is 9.23. The Balaban J connectivity index is 1.64. The second-order valence-electron chi connectivity index (χ2n) is 6.85. The summed E-state index contributed by atoms with van der Waals surface area (Å²) in [6.07, 6.45) is -0.0645. The van der Waals surface area contributed by atoms with Crippen LogP contribution in [0.15, 0.2) is 34.5 Å². The van der Waals surface area contributed by atoms with E-state index in [-0.39, 0.29) is 25.2 Å². The molecule has 2 amide bonds. The van der Waals surface area contributed by atoms with Crippen LogP contribution < -0.4 is 11.1 Å². The van der Waals surface area contributed by atoms with Gasteiger partial charge in [0.1, 0.15) is 15.8 Å². The van der Waals surface area contributed by atoms with Crippen LogP contribution >= 0.6 is 22.7 Å². The van der Waals surface area contributed by atoms with E-state index >= 15 is 0 Å². The topological polar surface area (TPSA) is 132 Å². The number of nitrogens with two attached hydrogens (primary N) is 1. The molecule has 3 N–H and O–H groups in total. The normalized spacial score (nSPS) is 12.0. The summed E-state index contributed by atoms with van der Waals surface area (Å²) < 4.78 is 60.7. The van der Waals surface area contributed by atoms with Gasteiger partial charge in [-0.1, -0.05) is 12.1 Å². The number of halogens is 3. The Hall–Kier alpha value is -2.84. The third kappa shape index (κ3) is 5.94. The zero-order valence-electron chi connectivity index (χ0n) is 17.0. The fourth-order valence-corrected chi connectivity index (χ4v) is 5.42. The summed E-state index contributed by atoms with van der Waals surface area (Å²) in [6.45, 7) is 1.99. The van der Waals surface area contributed by atoms with E-state index in [4.69, 9.17) is 5.73 Å². The lowest BCUT2D eigenvalue weighted by atomic mass is 10.1. The van der Waals surface area contributed by atoms with E-state index in [1.165, 1.54) is 34.8 Å². The average Bonchev–Trinajstić information content (AvgIpc) is 3.32. The van der Waals surface area contributed by atoms with Gasteiger partial charge in [0.15, 0.2) is 0 Å². The van der Waals surface area contributed by atoms with Crippen molar-refractivity contribution in [1.29, 1.82) is 0 Å². The summed E-state index contributed by atoms with van der Waals surface area (Å²) >= 11 is 2.62. The second kappa shape index (κ2) is 9.57. The molecular weight excluding hydrogens is 501 g/mol. The number of carbonyl (C=O) groups is 2. The van der Waals surface area contributed by atoms with Gasteiger partial charge in [-0.25, -0.2) is 23.2 Å². The number of primary amides is 1. The molecule has 0 unspecified atom stereocenters. The maximum atomic E-state index is 12.6. The van der Waals surface area contributed by atoms with Crippen LogP contribution in [0.4, 0.5) is 18.0 Å². The van der Waals surface area contributed by atoms with Gasteiger partial charge in [-0.2, -0.15) is 13.2 Å². The summed E-state index contributed by atoms with van der Waals surface area (Å²) in [4.78, 5) is 32.0. The number of ketones is 1. The van der Waals surface area contributed by atoms with Crippen molar-refractivity contribution in [2.75, 3.05) is 0 Å². The lowest BCUT2D eigenvalue weighted by Crippen LogP contribution is -2.28. The van der Waals surface area contributed by atoms with Crippen molar-refractivity contribution in [3.05, 3.63) is 50.9 Å². The zero-order valence-corrected chi connectivity index (χ0v) is 19.4. The molecule has 0 saturated carbocycles. The number of benzene rings is 1. The van der Waals surface area contributed by atoms with Crippen molar-refractivity contribution in [2.24, 2.45) is 5.73 Å². The molecule has 14 heteroatoms. The van der Waals surface area contributed by atoms with Crippen LogP contribution in [0.2, 0.25) is 0 Å². The summed E-state index contributed by atoms with van der Waals surface area (Å²) in [5, 5.41) is 5.45. The van der Waals surface area contributed by atoms with Gasteiger partial charge in [0, 0.05) is 11.8 Å². The number of urea groups is 1. The molecule has 3 rings (SSSR count). The number of aryl methyl sites for hydroxylation is 1. The molecule has 0 aliphatic rings. The van der Waals surface area contributed by atoms with Gasteiger partial charge in [0.05, 0.1) is 34.1 Å². The first kappa shape index (κ1) is 24.8. The van der Waals surface area contributed by atoms with Crippen LogP contribution in [-0.4, -0.2) is 35.7 Å². The SMILES string of the molecule is Cc1nc(CNC(N)=O)sc1-c1csc(CC(=O)Cc2ccc(S(=O)(=O)C(F)(F)F)cc2)n1. The summed E-state index contributed by atoms with van der Waals surface area (Å²) in [7, 11) is -5.43. The Morgan fingerprint density at radius 3 is 2.36 bits per heavy atom. The first-order chi connectivity index (χ1) is 15.4. The Kier molecular flexibility index (Phi) is 7.19. The minimum absolute atomic E-state index is 0.0151. The molecule has 0 bridgehead atoms. The number of hydrogen-bond donors (Lipinski definition) is 2. The predicted molar refractivity (Wildman–Crippen MR) is 116 cm³/mol. The molecule has 176 valence electrons. The van der Waals surface area contributed by atoms with Gasteiger partial charge in [0.2, 0.25) is 0 Å². The quantitative estimate of drug-likeness (QED) is 0.470. The highest BCUT2D eigenvalue weighted by atomic mass is 32.2. The molecule has 8 nitrogen and oxygen atoms in total. The molecule has 33 heavy (non-hydrogen) atoms. The molecule has 3 aromatic rings. The number of sulfone groups is 1. The average molecular weight is 519 g/mol. The number of nitrogens with one attached hydrogen (secondary N) is 1. The van der Waals surface area contributed by atoms with Gasteiger partial charge in [-0.3, -0.25) is 4.79 Å². The van der Waals surface area contributed by atoms with E-state index in [1.54, 1.807) is 12.3 Å². The van der Waals surface area contributed by atoms with Gasteiger partial charge in [-0.05, 0) is 24.6 Å². The third-order valence-corrected chi connectivity index (χ3v) is 7.86. The smallest absolute Gasteiger partial charge is 0.352 e. The Morgan fingerprint density at radius 1 is 1.09 bits per heavy atom. The highest BCUT2D eigenvalue weighted by Crippen LogP contribution is 2.32. The standard InChI is InChI=1S/C19H17F3N4O4S3/c1-10-17(32-16(25-10)8-24-18(23)28)14-9-31-15(26-14)7-12(27)6-11-2-4-13(5-3-11)33(29,30)19(20,21)22/h2-5,9H,6-8H2,1H3,(H3,23,24,28). The van der Waals surface area contributed by atoms with E-state index in [9.17, 15) is 31.2 Å². The lowest BCUT2D eigenvalue weighted by molar-refractivity contribution is -0.117. The second-order valence-corrected chi connectivity index (χ2v) is 10.8. The highest BCUT2D eigenvalue weighted by Gasteiger charge is 2.46. The van der Waals surface area contributed by atoms with Crippen molar-refractivity contribution in [2.45, 2.75) is 36.7 Å². The Morgan fingerprint density at radius 2 is 1.76 bits per heavy atom. The molecule has 0 fully saturated rings. The molecular formula is C19H17F3N4O4S3. The molecule has 2 heterocycles. The van der Waals surface area contributed by atoms with Gasteiger partial charge in [-0.15, -0.1) is 22.7 Å². The van der Waals surface area contributed by atoms with E-state index < -0.39 is 26.3 Å². The number of Topliss-reactive ketones (excluding diaryl/α,β-unsaturated/α-hetero) is 1. The fourth-order valence-electron chi connectivity index (χ4n) is 2.80. The van der Waals surface area contributed by atoms with Crippen molar-refractivity contribution >= 4 is 44.3 Å². The number of nitrogens with zero attached hydrogens (tertiary/aromatic N) is 2. The van der Waals surface area contributed by atoms with Crippen LogP contribution in [0.3, 0.4) is 0 Å². The van der Waals surface area contributed by atoms with Gasteiger partial charge < -0.3 is 11.1 Å². The number of rotatable bonds is 8. The minimum Gasteiger partial charge on any atom is -0.352 e. The summed E-state index contributed by atoms with van der Waals surface area (Å²) in [6, 6.07) is 3.39. The third-order valence-electron chi connectivity index (χ3n) is 4.33. The fraction of sp³-hybridized carbons (Fsp3) is 0.263. The maximum absolute atomic E-state index is 12.6. The Labute approximate surface area is 194 Å². The lowest BCUT2D eigenvalue weighted by Gasteiger charge is -2.08. The van der Waals surface area contributed by atoms with Crippen molar-refractivity contribution in [1.82, 2.24) is 15.3 Å². The van der Waals surface area contributed by atoms with Crippen LogP contribution in [-0.2, 0) is 34.0 Å². The maximum Gasteiger partial charge on any atom is 0.501 e. The van der Waals surface area contributed by atoms with Gasteiger partial charge in [0.25, 0.3) is 9.84 Å². The predicted octanol–water partition coefficient (Wildman–Crippen LogP) is 3.39. The molecule has 0 atom stereocenters. The molecule has 0 aliphatic heterocycles. The molecule has 0 spiro atoms. The number of thiazole rings is 2. The van der Waals surface area contributed by atoms with Crippen LogP contribution in [0.25, 0.3) is 10.6 Å². The number of hydrogen-bond acceptors (Lipinski definition) is 8. The Bertz CT molecular complexity index is 1280. The van der Waals surface area contributed by atoms with Crippen LogP contribution in [0.1, 0.15) is 21.3 Å². The van der Waals surface area contributed by atoms with Gasteiger partial charge >= 0.3 is 11.5 Å². The number of amides is 2. The van der Waals surface area contributed by atoms with E-state index in [1.807, 2.05) is 0 Å². The first-order valence-corrected chi connectivity index (χ1v) is 12.4. The highest BCUT2D eigenvalue weighted by molar-refractivity contribution is 7.92. The van der Waals surface area contributed by atoms with E-state index in [0.29, 0.717) is 21.3 Å². The number of carbonyl (C=O) groups excluding carboxylic acids is 2. The van der Waals surface area contributed by atoms with Crippen molar-refractivity contribution in [3.63, 3.8) is 0 Å².